The maximum Gasteiger partial charge on any atom is 0.228 e. The van der Waals surface area contributed by atoms with Crippen LogP contribution in [0.25, 0.3) is 0 Å². The second kappa shape index (κ2) is 4.88. The Morgan fingerprint density at radius 2 is 1.94 bits per heavy atom. The molecule has 2 N–H and O–H groups in total. The van der Waals surface area contributed by atoms with Gasteiger partial charge in [-0.1, -0.05) is 17.7 Å². The van der Waals surface area contributed by atoms with Crippen LogP contribution in [0.4, 0.5) is 5.69 Å². The van der Waals surface area contributed by atoms with Gasteiger partial charge in [-0.05, 0) is 39.3 Å². The maximum absolute atomic E-state index is 12.0. The third-order valence-electron chi connectivity index (χ3n) is 2.69. The normalized spacial score (nSPS) is 11.4. The smallest absolute Gasteiger partial charge is 0.228 e. The molecule has 94 valence electrons. The second-order valence-corrected chi connectivity index (χ2v) is 5.41. The van der Waals surface area contributed by atoms with Crippen molar-refractivity contribution in [3.05, 3.63) is 29.3 Å². The molecule has 0 spiro atoms. The van der Waals surface area contributed by atoms with E-state index in [4.69, 9.17) is 5.73 Å². The Bertz CT molecular complexity index is 419. The standard InChI is InChI=1S/C14H22N2O/c1-10-6-7-12(11(2)8-10)16(5)13(17)9-14(3,4)15/h6-8H,9,15H2,1-5H3. The molecule has 0 aromatic heterocycles. The van der Waals surface area contributed by atoms with Crippen LogP contribution in [0, 0.1) is 13.8 Å². The minimum Gasteiger partial charge on any atom is -0.325 e. The van der Waals surface area contributed by atoms with Gasteiger partial charge in [-0.25, -0.2) is 0 Å². The van der Waals surface area contributed by atoms with Crippen LogP contribution < -0.4 is 10.6 Å². The van der Waals surface area contributed by atoms with Crippen molar-refractivity contribution >= 4 is 11.6 Å². The molecule has 1 rings (SSSR count). The third kappa shape index (κ3) is 3.86. The van der Waals surface area contributed by atoms with E-state index in [9.17, 15) is 4.79 Å². The van der Waals surface area contributed by atoms with Gasteiger partial charge in [0.05, 0.1) is 0 Å². The first-order valence-corrected chi connectivity index (χ1v) is 5.83. The number of nitrogens with zero attached hydrogens (tertiary/aromatic N) is 1. The summed E-state index contributed by atoms with van der Waals surface area (Å²) in [5.41, 5.74) is 8.65. The largest absolute Gasteiger partial charge is 0.325 e. The molecule has 0 heterocycles. The topological polar surface area (TPSA) is 46.3 Å². The molecule has 1 aromatic rings. The van der Waals surface area contributed by atoms with Crippen molar-refractivity contribution in [3.63, 3.8) is 0 Å². The first-order valence-electron chi connectivity index (χ1n) is 5.83. The Morgan fingerprint density at radius 3 is 2.41 bits per heavy atom. The van der Waals surface area contributed by atoms with E-state index in [0.717, 1.165) is 11.3 Å². The van der Waals surface area contributed by atoms with Crippen molar-refractivity contribution in [1.82, 2.24) is 0 Å². The fraction of sp³-hybridized carbons (Fsp3) is 0.500. The van der Waals surface area contributed by atoms with Crippen LogP contribution >= 0.6 is 0 Å². The molecule has 17 heavy (non-hydrogen) atoms. The van der Waals surface area contributed by atoms with Crippen LogP contribution in [0.2, 0.25) is 0 Å². The summed E-state index contributed by atoms with van der Waals surface area (Å²) in [6, 6.07) is 6.07. The summed E-state index contributed by atoms with van der Waals surface area (Å²) in [4.78, 5) is 13.7. The van der Waals surface area contributed by atoms with Crippen molar-refractivity contribution in [1.29, 1.82) is 0 Å². The predicted octanol–water partition coefficient (Wildman–Crippen LogP) is 2.39. The fourth-order valence-corrected chi connectivity index (χ4v) is 1.82. The summed E-state index contributed by atoms with van der Waals surface area (Å²) in [6.07, 6.45) is 0.344. The van der Waals surface area contributed by atoms with Crippen molar-refractivity contribution in [2.75, 3.05) is 11.9 Å². The van der Waals surface area contributed by atoms with Gasteiger partial charge in [-0.3, -0.25) is 4.79 Å². The molecule has 3 heteroatoms. The average molecular weight is 234 g/mol. The number of hydrogen-bond acceptors (Lipinski definition) is 2. The Morgan fingerprint density at radius 1 is 1.35 bits per heavy atom. The molecule has 1 aromatic carbocycles. The Hall–Kier alpha value is -1.35. The zero-order valence-electron chi connectivity index (χ0n) is 11.4. The number of carbonyl (C=O) groups excluding carboxylic acids is 1. The summed E-state index contributed by atoms with van der Waals surface area (Å²) in [6.45, 7) is 7.78. The lowest BCUT2D eigenvalue weighted by atomic mass is 10.0. The first kappa shape index (κ1) is 13.7. The number of amides is 1. The lowest BCUT2D eigenvalue weighted by molar-refractivity contribution is -0.119. The minimum absolute atomic E-state index is 0.0458. The fourth-order valence-electron chi connectivity index (χ4n) is 1.82. The molecule has 0 fully saturated rings. The lowest BCUT2D eigenvalue weighted by Crippen LogP contribution is -2.40. The van der Waals surface area contributed by atoms with E-state index in [1.165, 1.54) is 5.56 Å². The molecular formula is C14H22N2O. The maximum atomic E-state index is 12.0. The van der Waals surface area contributed by atoms with Crippen molar-refractivity contribution in [2.45, 2.75) is 39.7 Å². The Labute approximate surface area is 104 Å². The summed E-state index contributed by atoms with van der Waals surface area (Å²) in [5.74, 6) is 0.0458. The molecule has 0 saturated heterocycles. The molecule has 3 nitrogen and oxygen atoms in total. The second-order valence-electron chi connectivity index (χ2n) is 5.41. The molecule has 0 unspecified atom stereocenters. The average Bonchev–Trinajstić information content (AvgIpc) is 2.14. The van der Waals surface area contributed by atoms with Crippen LogP contribution in [0.1, 0.15) is 31.4 Å². The minimum atomic E-state index is -0.468. The van der Waals surface area contributed by atoms with Crippen molar-refractivity contribution < 1.29 is 4.79 Å². The molecule has 0 atom stereocenters. The van der Waals surface area contributed by atoms with Gasteiger partial charge < -0.3 is 10.6 Å². The molecule has 0 aliphatic heterocycles. The number of carbonyl (C=O) groups is 1. The van der Waals surface area contributed by atoms with Crippen LogP contribution in [-0.4, -0.2) is 18.5 Å². The number of hydrogen-bond donors (Lipinski definition) is 1. The number of nitrogens with two attached hydrogens (primary N) is 1. The molecule has 0 aliphatic rings. The molecule has 0 saturated carbocycles. The number of benzene rings is 1. The zero-order chi connectivity index (χ0) is 13.2. The van der Waals surface area contributed by atoms with Crippen molar-refractivity contribution in [3.8, 4) is 0 Å². The zero-order valence-corrected chi connectivity index (χ0v) is 11.4. The van der Waals surface area contributed by atoms with Gasteiger partial charge in [0, 0.05) is 24.7 Å². The first-order chi connectivity index (χ1) is 7.70. The molecule has 0 aliphatic carbocycles. The van der Waals surface area contributed by atoms with Gasteiger partial charge in [0.15, 0.2) is 0 Å². The Kier molecular flexibility index (Phi) is 3.94. The van der Waals surface area contributed by atoms with Crippen molar-refractivity contribution in [2.24, 2.45) is 5.73 Å². The molecule has 0 bridgehead atoms. The van der Waals surface area contributed by atoms with Gasteiger partial charge in [0.1, 0.15) is 0 Å². The van der Waals surface area contributed by atoms with Gasteiger partial charge in [-0.2, -0.15) is 0 Å². The highest BCUT2D eigenvalue weighted by Gasteiger charge is 2.20. The van der Waals surface area contributed by atoms with Gasteiger partial charge in [-0.15, -0.1) is 0 Å². The Balaban J connectivity index is 2.89. The quantitative estimate of drug-likeness (QED) is 0.873. The highest BCUT2D eigenvalue weighted by atomic mass is 16.2. The van der Waals surface area contributed by atoms with Gasteiger partial charge in [0.25, 0.3) is 0 Å². The van der Waals surface area contributed by atoms with E-state index in [1.807, 2.05) is 39.8 Å². The molecular weight excluding hydrogens is 212 g/mol. The lowest BCUT2D eigenvalue weighted by Gasteiger charge is -2.24. The van der Waals surface area contributed by atoms with Gasteiger partial charge in [0.2, 0.25) is 5.91 Å². The van der Waals surface area contributed by atoms with E-state index in [1.54, 1.807) is 11.9 Å². The summed E-state index contributed by atoms with van der Waals surface area (Å²) < 4.78 is 0. The molecule has 1 amide bonds. The van der Waals surface area contributed by atoms with Crippen LogP contribution in [0.3, 0.4) is 0 Å². The summed E-state index contributed by atoms with van der Waals surface area (Å²) in [5, 5.41) is 0. The monoisotopic (exact) mass is 234 g/mol. The van der Waals surface area contributed by atoms with Crippen LogP contribution in [0.5, 0.6) is 0 Å². The van der Waals surface area contributed by atoms with E-state index in [2.05, 4.69) is 6.07 Å². The third-order valence-corrected chi connectivity index (χ3v) is 2.69. The highest BCUT2D eigenvalue weighted by Crippen LogP contribution is 2.21. The van der Waals surface area contributed by atoms with E-state index < -0.39 is 5.54 Å². The highest BCUT2D eigenvalue weighted by molar-refractivity contribution is 5.94. The number of anilines is 1. The van der Waals surface area contributed by atoms with E-state index in [0.29, 0.717) is 6.42 Å². The van der Waals surface area contributed by atoms with E-state index >= 15 is 0 Å². The summed E-state index contributed by atoms with van der Waals surface area (Å²) >= 11 is 0. The number of aryl methyl sites for hydroxylation is 2. The van der Waals surface area contributed by atoms with Crippen LogP contribution in [-0.2, 0) is 4.79 Å². The van der Waals surface area contributed by atoms with Gasteiger partial charge >= 0.3 is 0 Å². The predicted molar refractivity (Wildman–Crippen MR) is 72.2 cm³/mol. The summed E-state index contributed by atoms with van der Waals surface area (Å²) in [7, 11) is 1.80. The number of rotatable bonds is 3. The molecule has 0 radical (unpaired) electrons. The SMILES string of the molecule is Cc1ccc(N(C)C(=O)CC(C)(C)N)c(C)c1. The van der Waals surface area contributed by atoms with E-state index in [-0.39, 0.29) is 5.91 Å². The van der Waals surface area contributed by atoms with Crippen LogP contribution in [0.15, 0.2) is 18.2 Å².